The largest absolute Gasteiger partial charge is 0.497 e. The molecule has 1 heterocycles. The minimum Gasteiger partial charge on any atom is -0.497 e. The van der Waals surface area contributed by atoms with Crippen LogP contribution in [0.25, 0.3) is 22.2 Å². The van der Waals surface area contributed by atoms with E-state index in [4.69, 9.17) is 9.84 Å². The normalized spacial score (nSPS) is 12.4. The van der Waals surface area contributed by atoms with Gasteiger partial charge in [0, 0.05) is 35.5 Å². The van der Waals surface area contributed by atoms with Gasteiger partial charge >= 0.3 is 0 Å². The molecule has 0 spiro atoms. The maximum atomic E-state index is 11.6. The second-order valence-electron chi connectivity index (χ2n) is 7.14. The van der Waals surface area contributed by atoms with Crippen molar-refractivity contribution < 1.29 is 9.66 Å². The van der Waals surface area contributed by atoms with Crippen molar-refractivity contribution in [2.45, 2.75) is 19.4 Å². The monoisotopic (exact) mass is 366 g/mol. The molecule has 1 aliphatic carbocycles. The summed E-state index contributed by atoms with van der Waals surface area (Å²) in [7, 11) is 5.73. The molecule has 3 aromatic rings. The third kappa shape index (κ3) is 2.94. The van der Waals surface area contributed by atoms with Crippen molar-refractivity contribution in [2.24, 2.45) is 0 Å². The highest BCUT2D eigenvalue weighted by Gasteiger charge is 2.29. The van der Waals surface area contributed by atoms with Crippen molar-refractivity contribution >= 4 is 16.6 Å². The molecule has 0 atom stereocenters. The summed E-state index contributed by atoms with van der Waals surface area (Å²) >= 11 is 0. The lowest BCUT2D eigenvalue weighted by molar-refractivity contribution is -0.385. The van der Waals surface area contributed by atoms with Gasteiger partial charge in [0.25, 0.3) is 5.69 Å². The fraction of sp³-hybridized carbons (Fsp3) is 0.350. The van der Waals surface area contributed by atoms with Crippen molar-refractivity contribution in [3.63, 3.8) is 0 Å². The number of nitro benzene ring substituents is 1. The van der Waals surface area contributed by atoms with Gasteiger partial charge in [0.15, 0.2) is 0 Å². The van der Waals surface area contributed by atoms with Crippen LogP contribution >= 0.6 is 0 Å². The maximum absolute atomic E-state index is 11.6. The molecule has 0 bridgehead atoms. The number of nitro groups is 1. The predicted octanol–water partition coefficient (Wildman–Crippen LogP) is 3.48. The van der Waals surface area contributed by atoms with Crippen molar-refractivity contribution in [1.82, 2.24) is 14.7 Å². The zero-order valence-corrected chi connectivity index (χ0v) is 15.7. The van der Waals surface area contributed by atoms with E-state index in [2.05, 4.69) is 4.90 Å². The number of hydrogen-bond donors (Lipinski definition) is 0. The molecule has 0 unspecified atom stereocenters. The van der Waals surface area contributed by atoms with E-state index >= 15 is 0 Å². The molecular formula is C20H22N4O3. The molecule has 0 saturated heterocycles. The highest BCUT2D eigenvalue weighted by Crippen LogP contribution is 2.43. The zero-order valence-electron chi connectivity index (χ0n) is 15.7. The predicted molar refractivity (Wildman–Crippen MR) is 104 cm³/mol. The average molecular weight is 366 g/mol. The topological polar surface area (TPSA) is 73.4 Å². The Morgan fingerprint density at radius 3 is 2.81 bits per heavy atom. The van der Waals surface area contributed by atoms with E-state index in [1.54, 1.807) is 13.2 Å². The van der Waals surface area contributed by atoms with Crippen LogP contribution in [-0.2, 0) is 13.0 Å². The Bertz CT molecular complexity index is 1040. The van der Waals surface area contributed by atoms with Crippen LogP contribution in [-0.4, -0.2) is 47.4 Å². The number of fused-ring (bicyclic) bond motifs is 2. The lowest BCUT2D eigenvalue weighted by Crippen LogP contribution is -2.15. The Kier molecular flexibility index (Phi) is 4.31. The van der Waals surface area contributed by atoms with Crippen LogP contribution in [0.15, 0.2) is 30.3 Å². The fourth-order valence-corrected chi connectivity index (χ4v) is 3.82. The highest BCUT2D eigenvalue weighted by molar-refractivity contribution is 6.01. The van der Waals surface area contributed by atoms with E-state index in [0.29, 0.717) is 6.42 Å². The summed E-state index contributed by atoms with van der Waals surface area (Å²) in [4.78, 5) is 13.4. The van der Waals surface area contributed by atoms with Crippen LogP contribution in [0.3, 0.4) is 0 Å². The number of nitrogens with zero attached hydrogens (tertiary/aromatic N) is 4. The Hall–Kier alpha value is -2.93. The molecular weight excluding hydrogens is 344 g/mol. The summed E-state index contributed by atoms with van der Waals surface area (Å²) in [6, 6.07) is 9.28. The Balaban J connectivity index is 1.91. The maximum Gasteiger partial charge on any atom is 0.273 e. The van der Waals surface area contributed by atoms with Gasteiger partial charge in [-0.15, -0.1) is 0 Å². The van der Waals surface area contributed by atoms with E-state index in [1.165, 1.54) is 0 Å². The van der Waals surface area contributed by atoms with E-state index in [0.717, 1.165) is 58.5 Å². The summed E-state index contributed by atoms with van der Waals surface area (Å²) in [5.74, 6) is 0.762. The molecule has 0 amide bonds. The smallest absolute Gasteiger partial charge is 0.273 e. The summed E-state index contributed by atoms with van der Waals surface area (Å²) in [5.41, 5.74) is 4.73. The number of aryl methyl sites for hydroxylation is 1. The van der Waals surface area contributed by atoms with Crippen LogP contribution < -0.4 is 4.74 Å². The minimum atomic E-state index is -0.295. The van der Waals surface area contributed by atoms with Crippen molar-refractivity contribution in [1.29, 1.82) is 0 Å². The summed E-state index contributed by atoms with van der Waals surface area (Å²) in [6.45, 7) is 1.73. The highest BCUT2D eigenvalue weighted by atomic mass is 16.6. The lowest BCUT2D eigenvalue weighted by Gasteiger charge is -2.16. The summed E-state index contributed by atoms with van der Waals surface area (Å²) in [5, 5.41) is 17.3. The minimum absolute atomic E-state index is 0.165. The van der Waals surface area contributed by atoms with Crippen molar-refractivity contribution in [3.05, 3.63) is 51.6 Å². The van der Waals surface area contributed by atoms with Crippen LogP contribution in [0.1, 0.15) is 17.5 Å². The van der Waals surface area contributed by atoms with E-state index in [-0.39, 0.29) is 10.6 Å². The number of aromatic nitrogens is 2. The first-order valence-corrected chi connectivity index (χ1v) is 8.98. The van der Waals surface area contributed by atoms with Gasteiger partial charge in [0.2, 0.25) is 0 Å². The van der Waals surface area contributed by atoms with Gasteiger partial charge in [-0.1, -0.05) is 6.07 Å². The van der Waals surface area contributed by atoms with Crippen molar-refractivity contribution in [2.75, 3.05) is 27.7 Å². The summed E-state index contributed by atoms with van der Waals surface area (Å²) < 4.78 is 7.36. The molecule has 2 aromatic carbocycles. The average Bonchev–Trinajstić information content (AvgIpc) is 3.01. The number of ether oxygens (including phenoxy) is 1. The van der Waals surface area contributed by atoms with Gasteiger partial charge in [-0.25, -0.2) is 0 Å². The Morgan fingerprint density at radius 1 is 1.30 bits per heavy atom. The molecule has 0 aliphatic heterocycles. The van der Waals surface area contributed by atoms with Gasteiger partial charge in [0.05, 0.1) is 17.5 Å². The van der Waals surface area contributed by atoms with Gasteiger partial charge < -0.3 is 9.64 Å². The van der Waals surface area contributed by atoms with Crippen LogP contribution in [0, 0.1) is 10.1 Å². The molecule has 7 heteroatoms. The van der Waals surface area contributed by atoms with Gasteiger partial charge in [-0.3, -0.25) is 14.8 Å². The van der Waals surface area contributed by atoms with Gasteiger partial charge in [0.1, 0.15) is 11.4 Å². The SMILES string of the molecule is COc1ccc2c(c1)-c1nn(CCCN(C)C)c3ccc([N+](=O)[O-])c(c13)C2. The molecule has 27 heavy (non-hydrogen) atoms. The van der Waals surface area contributed by atoms with E-state index in [9.17, 15) is 10.1 Å². The van der Waals surface area contributed by atoms with Crippen molar-refractivity contribution in [3.8, 4) is 17.0 Å². The Morgan fingerprint density at radius 2 is 2.11 bits per heavy atom. The molecule has 1 aliphatic rings. The molecule has 0 fully saturated rings. The molecule has 0 N–H and O–H groups in total. The fourth-order valence-electron chi connectivity index (χ4n) is 3.82. The molecule has 0 radical (unpaired) electrons. The summed E-state index contributed by atoms with van der Waals surface area (Å²) in [6.07, 6.45) is 1.49. The van der Waals surface area contributed by atoms with Crippen LogP contribution in [0.4, 0.5) is 5.69 Å². The third-order valence-electron chi connectivity index (χ3n) is 5.11. The third-order valence-corrected chi connectivity index (χ3v) is 5.11. The standard InChI is InChI=1S/C20H22N4O3/c1-22(2)9-4-10-23-18-8-7-17(24(25)26)16-11-13-5-6-14(27-3)12-15(13)20(21-23)19(16)18/h5-8,12H,4,9-11H2,1-3H3. The number of methoxy groups -OCH3 is 1. The zero-order chi connectivity index (χ0) is 19.1. The number of hydrogen-bond acceptors (Lipinski definition) is 5. The second-order valence-corrected chi connectivity index (χ2v) is 7.14. The quantitative estimate of drug-likeness (QED) is 0.386. The van der Waals surface area contributed by atoms with E-state index in [1.807, 2.05) is 43.0 Å². The first-order valence-electron chi connectivity index (χ1n) is 8.98. The molecule has 0 saturated carbocycles. The lowest BCUT2D eigenvalue weighted by atomic mass is 9.87. The molecule has 4 rings (SSSR count). The molecule has 140 valence electrons. The number of rotatable bonds is 6. The molecule has 7 nitrogen and oxygen atoms in total. The Labute approximate surface area is 157 Å². The van der Waals surface area contributed by atoms with E-state index < -0.39 is 0 Å². The second kappa shape index (κ2) is 6.66. The van der Waals surface area contributed by atoms with Crippen LogP contribution in [0.5, 0.6) is 5.75 Å². The van der Waals surface area contributed by atoms with Gasteiger partial charge in [-0.2, -0.15) is 5.10 Å². The molecule has 1 aromatic heterocycles. The number of benzene rings is 2. The van der Waals surface area contributed by atoms with Crippen LogP contribution in [0.2, 0.25) is 0 Å². The van der Waals surface area contributed by atoms with Gasteiger partial charge in [-0.05, 0) is 50.8 Å². The first kappa shape index (κ1) is 17.5. The first-order chi connectivity index (χ1) is 13.0.